The Morgan fingerprint density at radius 3 is 3.00 bits per heavy atom. The molecular weight excluding hydrogens is 202 g/mol. The minimum atomic E-state index is 0.0352. The molecule has 0 bridgehead atoms. The molecule has 2 aromatic heterocycles. The van der Waals surface area contributed by atoms with Crippen LogP contribution in [-0.2, 0) is 13.1 Å². The molecule has 86 valence electrons. The maximum atomic E-state index is 5.89. The lowest BCUT2D eigenvalue weighted by Crippen LogP contribution is -2.15. The van der Waals surface area contributed by atoms with Gasteiger partial charge >= 0.3 is 0 Å². The summed E-state index contributed by atoms with van der Waals surface area (Å²) in [6.07, 6.45) is 3.61. The van der Waals surface area contributed by atoms with E-state index in [-0.39, 0.29) is 6.04 Å². The second kappa shape index (κ2) is 4.49. The van der Waals surface area contributed by atoms with Gasteiger partial charge in [0.1, 0.15) is 12.2 Å². The maximum absolute atomic E-state index is 5.89. The molecule has 0 aliphatic carbocycles. The normalized spacial score (nSPS) is 12.9. The van der Waals surface area contributed by atoms with E-state index in [2.05, 4.69) is 21.6 Å². The molecule has 5 heteroatoms. The third-order valence-corrected chi connectivity index (χ3v) is 2.64. The molecule has 2 rings (SSSR count). The lowest BCUT2D eigenvalue weighted by molar-refractivity contribution is 0.576. The monoisotopic (exact) mass is 219 g/mol. The Morgan fingerprint density at radius 2 is 2.31 bits per heavy atom. The van der Waals surface area contributed by atoms with Crippen molar-refractivity contribution in [2.45, 2.75) is 33.0 Å². The van der Waals surface area contributed by atoms with Crippen LogP contribution < -0.4 is 5.73 Å². The van der Waals surface area contributed by atoms with Crippen molar-refractivity contribution >= 4 is 0 Å². The smallest absolute Gasteiger partial charge is 0.146 e. The first-order valence-electron chi connectivity index (χ1n) is 5.49. The molecule has 0 saturated carbocycles. The molecule has 1 unspecified atom stereocenters. The fourth-order valence-corrected chi connectivity index (χ4v) is 1.81. The van der Waals surface area contributed by atoms with Gasteiger partial charge in [0.15, 0.2) is 0 Å². The number of hydrogen-bond donors (Lipinski definition) is 1. The zero-order valence-electron chi connectivity index (χ0n) is 9.67. The molecule has 16 heavy (non-hydrogen) atoms. The molecule has 0 saturated heterocycles. The van der Waals surface area contributed by atoms with Crippen molar-refractivity contribution in [1.29, 1.82) is 0 Å². The van der Waals surface area contributed by atoms with Gasteiger partial charge in [-0.3, -0.25) is 0 Å². The van der Waals surface area contributed by atoms with Crippen LogP contribution in [0.5, 0.6) is 0 Å². The molecule has 0 amide bonds. The van der Waals surface area contributed by atoms with Crippen molar-refractivity contribution in [3.63, 3.8) is 0 Å². The van der Waals surface area contributed by atoms with Gasteiger partial charge < -0.3 is 10.3 Å². The van der Waals surface area contributed by atoms with Crippen molar-refractivity contribution in [2.75, 3.05) is 0 Å². The van der Waals surface area contributed by atoms with Crippen LogP contribution in [0, 0.1) is 0 Å². The average Bonchev–Trinajstić information content (AvgIpc) is 2.86. The summed E-state index contributed by atoms with van der Waals surface area (Å²) in [5.41, 5.74) is 7.01. The molecular formula is C11H17N5. The van der Waals surface area contributed by atoms with E-state index < -0.39 is 0 Å². The summed E-state index contributed by atoms with van der Waals surface area (Å²) in [7, 11) is 0. The zero-order chi connectivity index (χ0) is 11.5. The Labute approximate surface area is 94.9 Å². The Hall–Kier alpha value is -1.62. The first-order valence-corrected chi connectivity index (χ1v) is 5.49. The number of hydrogen-bond acceptors (Lipinski definition) is 3. The van der Waals surface area contributed by atoms with Crippen LogP contribution in [0.2, 0.25) is 0 Å². The second-order valence-corrected chi connectivity index (χ2v) is 3.84. The third kappa shape index (κ3) is 1.99. The van der Waals surface area contributed by atoms with E-state index in [1.54, 1.807) is 6.33 Å². The fraction of sp³-hybridized carbons (Fsp3) is 0.455. The summed E-state index contributed by atoms with van der Waals surface area (Å²) in [6.45, 7) is 5.60. The third-order valence-electron chi connectivity index (χ3n) is 2.64. The van der Waals surface area contributed by atoms with Gasteiger partial charge in [0.2, 0.25) is 0 Å². The van der Waals surface area contributed by atoms with E-state index in [4.69, 9.17) is 5.73 Å². The molecule has 0 spiro atoms. The number of rotatable bonds is 4. The van der Waals surface area contributed by atoms with Gasteiger partial charge in [-0.05, 0) is 26.0 Å². The number of nitrogens with zero attached hydrogens (tertiary/aromatic N) is 4. The second-order valence-electron chi connectivity index (χ2n) is 3.84. The number of nitrogens with two attached hydrogens (primary N) is 1. The van der Waals surface area contributed by atoms with Gasteiger partial charge in [0.25, 0.3) is 0 Å². The quantitative estimate of drug-likeness (QED) is 0.839. The molecule has 5 nitrogen and oxygen atoms in total. The highest BCUT2D eigenvalue weighted by Gasteiger charge is 2.08. The summed E-state index contributed by atoms with van der Waals surface area (Å²) in [5, 5.41) is 4.15. The van der Waals surface area contributed by atoms with E-state index in [0.717, 1.165) is 24.6 Å². The molecule has 0 aliphatic rings. The minimum Gasteiger partial charge on any atom is -0.342 e. The Morgan fingerprint density at radius 1 is 1.50 bits per heavy atom. The summed E-state index contributed by atoms with van der Waals surface area (Å²) >= 11 is 0. The van der Waals surface area contributed by atoms with Crippen molar-refractivity contribution in [3.05, 3.63) is 36.2 Å². The van der Waals surface area contributed by atoms with Crippen molar-refractivity contribution in [1.82, 2.24) is 19.3 Å². The van der Waals surface area contributed by atoms with Crippen LogP contribution in [0.25, 0.3) is 0 Å². The van der Waals surface area contributed by atoms with Crippen LogP contribution in [0.3, 0.4) is 0 Å². The first kappa shape index (κ1) is 10.9. The van der Waals surface area contributed by atoms with Crippen LogP contribution in [0.15, 0.2) is 24.7 Å². The predicted octanol–water partition coefficient (Wildman–Crippen LogP) is 1.17. The van der Waals surface area contributed by atoms with Gasteiger partial charge in [0, 0.05) is 24.5 Å². The van der Waals surface area contributed by atoms with Crippen LogP contribution >= 0.6 is 0 Å². The topological polar surface area (TPSA) is 61.7 Å². The van der Waals surface area contributed by atoms with E-state index in [9.17, 15) is 0 Å². The highest BCUT2D eigenvalue weighted by molar-refractivity contribution is 5.12. The predicted molar refractivity (Wildman–Crippen MR) is 61.8 cm³/mol. The number of aromatic nitrogens is 4. The standard InChI is InChI=1S/C11H17N5/c1-3-16-11(13-8-14-16)7-15-6-4-5-10(15)9(2)12/h4-6,8-9H,3,7,12H2,1-2H3. The van der Waals surface area contributed by atoms with Crippen molar-refractivity contribution in [3.8, 4) is 0 Å². The lowest BCUT2D eigenvalue weighted by Gasteiger charge is -2.11. The first-order chi connectivity index (χ1) is 7.72. The van der Waals surface area contributed by atoms with Crippen LogP contribution in [-0.4, -0.2) is 19.3 Å². The van der Waals surface area contributed by atoms with Gasteiger partial charge in [-0.2, -0.15) is 5.10 Å². The average molecular weight is 219 g/mol. The van der Waals surface area contributed by atoms with Gasteiger partial charge in [-0.1, -0.05) is 0 Å². The van der Waals surface area contributed by atoms with Gasteiger partial charge in [0.05, 0.1) is 6.54 Å². The van der Waals surface area contributed by atoms with E-state index in [1.807, 2.05) is 29.9 Å². The summed E-state index contributed by atoms with van der Waals surface area (Å²) in [6, 6.07) is 4.08. The SMILES string of the molecule is CCn1ncnc1Cn1cccc1C(C)N. The Kier molecular flexibility index (Phi) is 3.05. The number of aryl methyl sites for hydroxylation is 1. The van der Waals surface area contributed by atoms with Gasteiger partial charge in [-0.15, -0.1) is 0 Å². The van der Waals surface area contributed by atoms with E-state index in [1.165, 1.54) is 0 Å². The van der Waals surface area contributed by atoms with Crippen LogP contribution in [0.1, 0.15) is 31.4 Å². The lowest BCUT2D eigenvalue weighted by atomic mass is 10.2. The summed E-state index contributed by atoms with van der Waals surface area (Å²) in [4.78, 5) is 4.25. The molecule has 0 aromatic carbocycles. The summed E-state index contributed by atoms with van der Waals surface area (Å²) in [5.74, 6) is 0.959. The molecule has 2 N–H and O–H groups in total. The van der Waals surface area contributed by atoms with Crippen molar-refractivity contribution < 1.29 is 0 Å². The zero-order valence-corrected chi connectivity index (χ0v) is 9.67. The highest BCUT2D eigenvalue weighted by atomic mass is 15.3. The molecule has 0 fully saturated rings. The minimum absolute atomic E-state index is 0.0352. The summed E-state index contributed by atoms with van der Waals surface area (Å²) < 4.78 is 4.01. The molecule has 2 heterocycles. The van der Waals surface area contributed by atoms with E-state index in [0.29, 0.717) is 0 Å². The Bertz CT molecular complexity index is 454. The molecule has 1 atom stereocenters. The van der Waals surface area contributed by atoms with E-state index >= 15 is 0 Å². The Balaban J connectivity index is 2.23. The molecule has 2 aromatic rings. The molecule has 0 radical (unpaired) electrons. The fourth-order valence-electron chi connectivity index (χ4n) is 1.81. The van der Waals surface area contributed by atoms with Crippen LogP contribution in [0.4, 0.5) is 0 Å². The maximum Gasteiger partial charge on any atom is 0.146 e. The van der Waals surface area contributed by atoms with Gasteiger partial charge in [-0.25, -0.2) is 9.67 Å². The molecule has 0 aliphatic heterocycles. The highest BCUT2D eigenvalue weighted by Crippen LogP contribution is 2.12. The van der Waals surface area contributed by atoms with Crippen molar-refractivity contribution in [2.24, 2.45) is 5.73 Å². The largest absolute Gasteiger partial charge is 0.342 e.